The molecule has 0 radical (unpaired) electrons. The Morgan fingerprint density at radius 1 is 1.28 bits per heavy atom. The summed E-state index contributed by atoms with van der Waals surface area (Å²) in [5.74, 6) is -0.395. The molecule has 130 valence electrons. The van der Waals surface area contributed by atoms with E-state index in [9.17, 15) is 13.2 Å². The lowest BCUT2D eigenvalue weighted by Gasteiger charge is -2.00. The Balaban J connectivity index is 1.60. The predicted molar refractivity (Wildman–Crippen MR) is 95.8 cm³/mol. The molecule has 0 aliphatic rings. The average Bonchev–Trinajstić information content (AvgIpc) is 3.21. The average molecular weight is 377 g/mol. The van der Waals surface area contributed by atoms with Crippen LogP contribution in [0.2, 0.25) is 0 Å². The summed E-state index contributed by atoms with van der Waals surface area (Å²) in [5, 5.41) is 11.4. The maximum absolute atomic E-state index is 12.1. The zero-order valence-corrected chi connectivity index (χ0v) is 14.8. The normalized spacial score (nSPS) is 11.2. The third-order valence-corrected chi connectivity index (χ3v) is 4.60. The first-order valence-corrected chi connectivity index (χ1v) is 9.99. The monoisotopic (exact) mass is 377 g/mol. The van der Waals surface area contributed by atoms with Crippen LogP contribution in [0, 0.1) is 0 Å². The number of hydrogen-bond acceptors (Lipinski definition) is 6. The molecule has 1 amide bonds. The van der Waals surface area contributed by atoms with Gasteiger partial charge in [-0.05, 0) is 6.07 Å². The lowest BCUT2D eigenvalue weighted by atomic mass is 10.1. The fourth-order valence-corrected chi connectivity index (χ4v) is 3.60. The van der Waals surface area contributed by atoms with E-state index in [1.807, 2.05) is 36.4 Å². The Labute approximate surface area is 148 Å². The third kappa shape index (κ3) is 4.64. The predicted octanol–water partition coefficient (Wildman–Crippen LogP) is 1.83. The summed E-state index contributed by atoms with van der Waals surface area (Å²) in [5.41, 5.74) is 2.67. The van der Waals surface area contributed by atoms with Crippen molar-refractivity contribution in [1.29, 1.82) is 0 Å². The second-order valence-corrected chi connectivity index (χ2v) is 7.85. The SMILES string of the molecule is CS(=O)(=O)Nc1nc(C(=O)NCc2cc(-c3ccccc3)n[nH]2)cs1. The minimum absolute atomic E-state index is 0.152. The zero-order chi connectivity index (χ0) is 17.9. The smallest absolute Gasteiger partial charge is 0.271 e. The first-order chi connectivity index (χ1) is 11.9. The Bertz CT molecular complexity index is 980. The van der Waals surface area contributed by atoms with E-state index in [0.717, 1.165) is 34.5 Å². The molecule has 3 N–H and O–H groups in total. The highest BCUT2D eigenvalue weighted by Gasteiger charge is 2.13. The number of amides is 1. The minimum atomic E-state index is -3.42. The first kappa shape index (κ1) is 17.1. The van der Waals surface area contributed by atoms with E-state index in [-0.39, 0.29) is 17.4 Å². The van der Waals surface area contributed by atoms with E-state index in [4.69, 9.17) is 0 Å². The standard InChI is InChI=1S/C15H15N5O3S2/c1-25(22,23)20-15-17-13(9-24-15)14(21)16-8-11-7-12(19-18-11)10-5-3-2-4-6-10/h2-7,9H,8H2,1H3,(H,16,21)(H,17,20)(H,18,19). The van der Waals surface area contributed by atoms with E-state index in [2.05, 4.69) is 25.2 Å². The van der Waals surface area contributed by atoms with Crippen molar-refractivity contribution < 1.29 is 13.2 Å². The molecule has 0 unspecified atom stereocenters. The minimum Gasteiger partial charge on any atom is -0.345 e. The van der Waals surface area contributed by atoms with Crippen molar-refractivity contribution in [1.82, 2.24) is 20.5 Å². The fourth-order valence-electron chi connectivity index (χ4n) is 2.06. The van der Waals surface area contributed by atoms with Gasteiger partial charge in [0.15, 0.2) is 5.13 Å². The maximum atomic E-state index is 12.1. The number of thiazole rings is 1. The quantitative estimate of drug-likeness (QED) is 0.606. The number of nitrogens with zero attached hydrogens (tertiary/aromatic N) is 2. The molecule has 2 aromatic heterocycles. The van der Waals surface area contributed by atoms with Gasteiger partial charge in [-0.25, -0.2) is 13.4 Å². The highest BCUT2D eigenvalue weighted by atomic mass is 32.2. The van der Waals surface area contributed by atoms with Crippen molar-refractivity contribution >= 4 is 32.4 Å². The summed E-state index contributed by atoms with van der Waals surface area (Å²) in [7, 11) is -3.42. The Kier molecular flexibility index (Phi) is 4.81. The number of H-pyrrole nitrogens is 1. The van der Waals surface area contributed by atoms with Gasteiger partial charge in [-0.2, -0.15) is 5.10 Å². The molecule has 0 saturated heterocycles. The van der Waals surface area contributed by atoms with Crippen molar-refractivity contribution in [3.8, 4) is 11.3 Å². The molecule has 0 saturated carbocycles. The van der Waals surface area contributed by atoms with Gasteiger partial charge in [-0.1, -0.05) is 30.3 Å². The number of aromatic amines is 1. The molecule has 2 heterocycles. The zero-order valence-electron chi connectivity index (χ0n) is 13.2. The number of benzene rings is 1. The number of aromatic nitrogens is 3. The largest absolute Gasteiger partial charge is 0.345 e. The third-order valence-electron chi connectivity index (χ3n) is 3.15. The lowest BCUT2D eigenvalue weighted by molar-refractivity contribution is 0.0946. The molecule has 10 heteroatoms. The molecule has 0 atom stereocenters. The Morgan fingerprint density at radius 3 is 2.76 bits per heavy atom. The van der Waals surface area contributed by atoms with Gasteiger partial charge in [-0.15, -0.1) is 11.3 Å². The Morgan fingerprint density at radius 2 is 2.04 bits per heavy atom. The number of carbonyl (C=O) groups is 1. The van der Waals surface area contributed by atoms with Crippen molar-refractivity contribution in [3.63, 3.8) is 0 Å². The van der Waals surface area contributed by atoms with Crippen LogP contribution in [0.5, 0.6) is 0 Å². The molecule has 0 aliphatic heterocycles. The molecule has 0 spiro atoms. The number of nitrogens with one attached hydrogen (secondary N) is 3. The summed E-state index contributed by atoms with van der Waals surface area (Å²) >= 11 is 1.05. The molecule has 0 bridgehead atoms. The van der Waals surface area contributed by atoms with Crippen LogP contribution in [0.4, 0.5) is 5.13 Å². The van der Waals surface area contributed by atoms with Gasteiger partial charge in [0.1, 0.15) is 5.69 Å². The van der Waals surface area contributed by atoms with Crippen LogP contribution in [-0.4, -0.2) is 35.8 Å². The number of carbonyl (C=O) groups excluding carboxylic acids is 1. The molecule has 3 rings (SSSR count). The van der Waals surface area contributed by atoms with E-state index in [1.165, 1.54) is 5.38 Å². The van der Waals surface area contributed by atoms with Crippen molar-refractivity contribution in [2.45, 2.75) is 6.54 Å². The van der Waals surface area contributed by atoms with Gasteiger partial charge in [0.25, 0.3) is 5.91 Å². The van der Waals surface area contributed by atoms with Crippen LogP contribution in [0.25, 0.3) is 11.3 Å². The van der Waals surface area contributed by atoms with E-state index in [0.29, 0.717) is 0 Å². The van der Waals surface area contributed by atoms with Gasteiger partial charge in [0.05, 0.1) is 24.2 Å². The van der Waals surface area contributed by atoms with Crippen LogP contribution in [0.3, 0.4) is 0 Å². The van der Waals surface area contributed by atoms with E-state index >= 15 is 0 Å². The lowest BCUT2D eigenvalue weighted by Crippen LogP contribution is -2.23. The van der Waals surface area contributed by atoms with Crippen LogP contribution < -0.4 is 10.0 Å². The number of rotatable bonds is 6. The molecule has 1 aromatic carbocycles. The number of anilines is 1. The molecule has 3 aromatic rings. The van der Waals surface area contributed by atoms with Crippen LogP contribution in [0.1, 0.15) is 16.2 Å². The molecule has 0 fully saturated rings. The molecular weight excluding hydrogens is 362 g/mol. The van der Waals surface area contributed by atoms with E-state index < -0.39 is 15.9 Å². The van der Waals surface area contributed by atoms with Crippen molar-refractivity contribution in [2.75, 3.05) is 11.0 Å². The molecule has 8 nitrogen and oxygen atoms in total. The van der Waals surface area contributed by atoms with Gasteiger partial charge in [-0.3, -0.25) is 14.6 Å². The number of hydrogen-bond donors (Lipinski definition) is 3. The van der Waals surface area contributed by atoms with Crippen molar-refractivity contribution in [2.24, 2.45) is 0 Å². The van der Waals surface area contributed by atoms with Crippen molar-refractivity contribution in [3.05, 3.63) is 53.2 Å². The maximum Gasteiger partial charge on any atom is 0.271 e. The van der Waals surface area contributed by atoms with Crippen LogP contribution in [-0.2, 0) is 16.6 Å². The summed E-state index contributed by atoms with van der Waals surface area (Å²) in [6, 6.07) is 11.5. The molecule has 25 heavy (non-hydrogen) atoms. The van der Waals surface area contributed by atoms with Gasteiger partial charge in [0, 0.05) is 10.9 Å². The highest BCUT2D eigenvalue weighted by molar-refractivity contribution is 7.92. The second-order valence-electron chi connectivity index (χ2n) is 5.24. The number of sulfonamides is 1. The molecular formula is C15H15N5O3S2. The van der Waals surface area contributed by atoms with Crippen LogP contribution >= 0.6 is 11.3 Å². The van der Waals surface area contributed by atoms with Gasteiger partial charge < -0.3 is 5.32 Å². The van der Waals surface area contributed by atoms with Gasteiger partial charge >= 0.3 is 0 Å². The molecule has 0 aliphatic carbocycles. The summed E-state index contributed by atoms with van der Waals surface area (Å²) in [6.45, 7) is 0.255. The summed E-state index contributed by atoms with van der Waals surface area (Å²) in [4.78, 5) is 16.0. The fraction of sp³-hybridized carbons (Fsp3) is 0.133. The summed E-state index contributed by atoms with van der Waals surface area (Å²) < 4.78 is 24.5. The Hall–Kier alpha value is -2.72. The first-order valence-electron chi connectivity index (χ1n) is 7.22. The van der Waals surface area contributed by atoms with E-state index in [1.54, 1.807) is 0 Å². The summed E-state index contributed by atoms with van der Waals surface area (Å²) in [6.07, 6.45) is 1.02. The second kappa shape index (κ2) is 7.03. The highest BCUT2D eigenvalue weighted by Crippen LogP contribution is 2.18. The van der Waals surface area contributed by atoms with Crippen LogP contribution in [0.15, 0.2) is 41.8 Å². The van der Waals surface area contributed by atoms with Gasteiger partial charge in [0.2, 0.25) is 10.0 Å². The topological polar surface area (TPSA) is 117 Å².